The number of imidazole rings is 1. The van der Waals surface area contributed by atoms with Crippen LogP contribution in [-0.4, -0.2) is 20.4 Å². The van der Waals surface area contributed by atoms with Crippen molar-refractivity contribution in [3.05, 3.63) is 58.8 Å². The summed E-state index contributed by atoms with van der Waals surface area (Å²) in [6.07, 6.45) is 2.98. The lowest BCUT2D eigenvalue weighted by Crippen LogP contribution is -2.24. The molecule has 0 aliphatic heterocycles. The zero-order chi connectivity index (χ0) is 13.4. The van der Waals surface area contributed by atoms with Crippen molar-refractivity contribution in [3.63, 3.8) is 0 Å². The summed E-state index contributed by atoms with van der Waals surface area (Å²) in [7, 11) is 0. The van der Waals surface area contributed by atoms with Crippen molar-refractivity contribution in [1.29, 1.82) is 0 Å². The van der Waals surface area contributed by atoms with Crippen LogP contribution in [0.5, 0.6) is 0 Å². The van der Waals surface area contributed by atoms with E-state index in [0.29, 0.717) is 22.3 Å². The summed E-state index contributed by atoms with van der Waals surface area (Å²) in [5, 5.41) is 0. The molecule has 2 aromatic heterocycles. The summed E-state index contributed by atoms with van der Waals surface area (Å²) >= 11 is 0. The topological polar surface area (TPSA) is 93.8 Å². The zero-order valence-electron chi connectivity index (χ0n) is 10.2. The van der Waals surface area contributed by atoms with E-state index in [0.717, 1.165) is 4.57 Å². The van der Waals surface area contributed by atoms with Crippen molar-refractivity contribution in [2.75, 3.05) is 5.73 Å². The highest BCUT2D eigenvalue weighted by molar-refractivity contribution is 6.01. The summed E-state index contributed by atoms with van der Waals surface area (Å²) in [5.41, 5.74) is 7.05. The highest BCUT2D eigenvalue weighted by atomic mass is 35.5. The second kappa shape index (κ2) is 5.18. The van der Waals surface area contributed by atoms with Gasteiger partial charge < -0.3 is 10.7 Å². The number of aromatic amines is 1. The highest BCUT2D eigenvalue weighted by Gasteiger charge is 2.15. The van der Waals surface area contributed by atoms with Gasteiger partial charge in [0, 0.05) is 18.1 Å². The Morgan fingerprint density at radius 2 is 2.10 bits per heavy atom. The molecule has 0 spiro atoms. The normalized spacial score (nSPS) is 10.2. The van der Waals surface area contributed by atoms with Crippen molar-refractivity contribution in [2.45, 2.75) is 0 Å². The Hall–Kier alpha value is -2.60. The number of carbonyl (C=O) groups is 1. The second-order valence-electron chi connectivity index (χ2n) is 4.09. The maximum Gasteiger partial charge on any atom is 0.333 e. The SMILES string of the molecule is Cl.Nc1ccc2[nH]c(=O)n(C(=O)c3cccnc3)c2c1. The van der Waals surface area contributed by atoms with Crippen molar-refractivity contribution in [1.82, 2.24) is 14.5 Å². The molecule has 0 bridgehead atoms. The number of nitrogens with zero attached hydrogens (tertiary/aromatic N) is 2. The first-order valence-corrected chi connectivity index (χ1v) is 5.62. The van der Waals surface area contributed by atoms with E-state index in [1.165, 1.54) is 6.20 Å². The average Bonchev–Trinajstić information content (AvgIpc) is 2.74. The predicted molar refractivity (Wildman–Crippen MR) is 78.2 cm³/mol. The molecule has 3 N–H and O–H groups in total. The van der Waals surface area contributed by atoms with Crippen LogP contribution in [0.2, 0.25) is 0 Å². The molecular formula is C13H11ClN4O2. The Labute approximate surface area is 119 Å². The van der Waals surface area contributed by atoms with E-state index in [1.807, 2.05) is 0 Å². The smallest absolute Gasteiger partial charge is 0.333 e. The molecule has 3 aromatic rings. The number of nitrogen functional groups attached to an aromatic ring is 1. The van der Waals surface area contributed by atoms with Gasteiger partial charge in [0.15, 0.2) is 0 Å². The highest BCUT2D eigenvalue weighted by Crippen LogP contribution is 2.15. The molecule has 0 saturated heterocycles. The molecule has 0 aliphatic rings. The second-order valence-corrected chi connectivity index (χ2v) is 4.09. The third-order valence-corrected chi connectivity index (χ3v) is 2.82. The Balaban J connectivity index is 0.00000147. The molecule has 1 aromatic carbocycles. The van der Waals surface area contributed by atoms with E-state index >= 15 is 0 Å². The lowest BCUT2D eigenvalue weighted by molar-refractivity contribution is 0.0960. The van der Waals surface area contributed by atoms with Crippen LogP contribution in [0.25, 0.3) is 11.0 Å². The van der Waals surface area contributed by atoms with Gasteiger partial charge in [-0.3, -0.25) is 9.78 Å². The van der Waals surface area contributed by atoms with Gasteiger partial charge in [-0.15, -0.1) is 12.4 Å². The molecule has 2 heterocycles. The standard InChI is InChI=1S/C13H10N4O2.ClH/c14-9-3-4-10-11(6-9)17(13(19)16-10)12(18)8-2-1-5-15-7-8;/h1-7H,14H2,(H,16,19);1H. The summed E-state index contributed by atoms with van der Waals surface area (Å²) in [6, 6.07) is 8.16. The van der Waals surface area contributed by atoms with Crippen LogP contribution in [0.3, 0.4) is 0 Å². The van der Waals surface area contributed by atoms with Crippen molar-refractivity contribution in [3.8, 4) is 0 Å². The minimum atomic E-state index is -0.491. The number of anilines is 1. The number of hydrogen-bond donors (Lipinski definition) is 2. The number of rotatable bonds is 1. The number of fused-ring (bicyclic) bond motifs is 1. The van der Waals surface area contributed by atoms with E-state index < -0.39 is 11.6 Å². The number of benzene rings is 1. The molecule has 0 saturated carbocycles. The summed E-state index contributed by atoms with van der Waals surface area (Å²) in [5.74, 6) is -0.435. The van der Waals surface area contributed by atoms with Gasteiger partial charge in [0.05, 0.1) is 16.6 Å². The maximum atomic E-state index is 12.3. The van der Waals surface area contributed by atoms with Gasteiger partial charge >= 0.3 is 5.69 Å². The number of hydrogen-bond acceptors (Lipinski definition) is 4. The van der Waals surface area contributed by atoms with Crippen LogP contribution in [-0.2, 0) is 0 Å². The fourth-order valence-electron chi connectivity index (χ4n) is 1.94. The molecule has 20 heavy (non-hydrogen) atoms. The van der Waals surface area contributed by atoms with Gasteiger partial charge in [0.2, 0.25) is 0 Å². The van der Waals surface area contributed by atoms with Gasteiger partial charge in [-0.1, -0.05) is 0 Å². The number of aromatic nitrogens is 3. The summed E-state index contributed by atoms with van der Waals surface area (Å²) in [6.45, 7) is 0. The predicted octanol–water partition coefficient (Wildman–Crippen LogP) is 1.42. The maximum absolute atomic E-state index is 12.3. The molecule has 0 atom stereocenters. The number of nitrogens with two attached hydrogens (primary N) is 1. The fraction of sp³-hybridized carbons (Fsp3) is 0. The first kappa shape index (κ1) is 13.8. The van der Waals surface area contributed by atoms with E-state index in [2.05, 4.69) is 9.97 Å². The quantitative estimate of drug-likeness (QED) is 0.663. The Bertz CT molecular complexity index is 823. The number of halogens is 1. The van der Waals surface area contributed by atoms with Crippen LogP contribution < -0.4 is 11.4 Å². The van der Waals surface area contributed by atoms with E-state index in [9.17, 15) is 9.59 Å². The van der Waals surface area contributed by atoms with Crippen molar-refractivity contribution >= 4 is 35.0 Å². The molecule has 102 valence electrons. The van der Waals surface area contributed by atoms with Gasteiger partial charge in [0.1, 0.15) is 0 Å². The van der Waals surface area contributed by atoms with Gasteiger partial charge in [-0.2, -0.15) is 0 Å². The van der Waals surface area contributed by atoms with Crippen LogP contribution in [0.4, 0.5) is 5.69 Å². The molecule has 6 nitrogen and oxygen atoms in total. The van der Waals surface area contributed by atoms with Crippen LogP contribution in [0, 0.1) is 0 Å². The molecule has 0 amide bonds. The Morgan fingerprint density at radius 1 is 1.30 bits per heavy atom. The van der Waals surface area contributed by atoms with E-state index in [-0.39, 0.29) is 12.4 Å². The van der Waals surface area contributed by atoms with Crippen LogP contribution in [0.15, 0.2) is 47.5 Å². The molecule has 0 fully saturated rings. The number of carbonyl (C=O) groups excluding carboxylic acids is 1. The number of pyridine rings is 1. The lowest BCUT2D eigenvalue weighted by atomic mass is 10.2. The minimum absolute atomic E-state index is 0. The zero-order valence-corrected chi connectivity index (χ0v) is 11.1. The van der Waals surface area contributed by atoms with Gasteiger partial charge in [-0.25, -0.2) is 9.36 Å². The lowest BCUT2D eigenvalue weighted by Gasteiger charge is -2.02. The summed E-state index contributed by atoms with van der Waals surface area (Å²) < 4.78 is 1.06. The molecule has 0 radical (unpaired) electrons. The van der Waals surface area contributed by atoms with Gasteiger partial charge in [-0.05, 0) is 30.3 Å². The third kappa shape index (κ3) is 2.17. The minimum Gasteiger partial charge on any atom is -0.399 e. The average molecular weight is 291 g/mol. The number of H-pyrrole nitrogens is 1. The summed E-state index contributed by atoms with van der Waals surface area (Å²) in [4.78, 5) is 30.7. The van der Waals surface area contributed by atoms with Crippen LogP contribution >= 0.6 is 12.4 Å². The van der Waals surface area contributed by atoms with E-state index in [4.69, 9.17) is 5.73 Å². The first-order valence-electron chi connectivity index (χ1n) is 5.62. The van der Waals surface area contributed by atoms with Crippen molar-refractivity contribution in [2.24, 2.45) is 0 Å². The first-order chi connectivity index (χ1) is 9.16. The molecular weight excluding hydrogens is 280 g/mol. The Kier molecular flexibility index (Phi) is 3.58. The molecule has 0 aliphatic carbocycles. The van der Waals surface area contributed by atoms with Crippen LogP contribution in [0.1, 0.15) is 10.4 Å². The number of nitrogens with one attached hydrogen (secondary N) is 1. The largest absolute Gasteiger partial charge is 0.399 e. The van der Waals surface area contributed by atoms with Crippen molar-refractivity contribution < 1.29 is 4.79 Å². The van der Waals surface area contributed by atoms with Gasteiger partial charge in [0.25, 0.3) is 5.91 Å². The third-order valence-electron chi connectivity index (χ3n) is 2.82. The molecule has 3 rings (SSSR count). The monoisotopic (exact) mass is 290 g/mol. The fourth-order valence-corrected chi connectivity index (χ4v) is 1.94. The molecule has 0 unspecified atom stereocenters. The van der Waals surface area contributed by atoms with E-state index in [1.54, 1.807) is 36.5 Å². The molecule has 7 heteroatoms. The Morgan fingerprint density at radius 3 is 2.80 bits per heavy atom.